The van der Waals surface area contributed by atoms with Gasteiger partial charge in [-0.15, -0.1) is 23.1 Å². The molecule has 0 bridgehead atoms. The van der Waals surface area contributed by atoms with Crippen molar-refractivity contribution < 1.29 is 9.53 Å². The van der Waals surface area contributed by atoms with E-state index in [0.717, 1.165) is 15.3 Å². The van der Waals surface area contributed by atoms with Crippen molar-refractivity contribution in [2.75, 3.05) is 6.26 Å². The van der Waals surface area contributed by atoms with Crippen LogP contribution < -0.4 is 0 Å². The van der Waals surface area contributed by atoms with E-state index in [2.05, 4.69) is 4.99 Å². The number of rotatable bonds is 3. The van der Waals surface area contributed by atoms with E-state index in [-0.39, 0.29) is 5.97 Å². The Balaban J connectivity index is 2.06. The van der Waals surface area contributed by atoms with Gasteiger partial charge in [-0.25, -0.2) is 9.79 Å². The fraction of sp³-hybridized carbons (Fsp3) is 0.0667. The Labute approximate surface area is 125 Å². The Bertz CT molecular complexity index is 688. The number of cyclic esters (lactones) is 1. The SMILES string of the molecule is CS/C(=C1\N=C(c2ccccc2)OC1=O)c1cccs1. The van der Waals surface area contributed by atoms with Gasteiger partial charge in [-0.1, -0.05) is 24.3 Å². The molecule has 0 saturated heterocycles. The Morgan fingerprint density at radius 1 is 1.20 bits per heavy atom. The van der Waals surface area contributed by atoms with Crippen LogP contribution in [0.25, 0.3) is 4.91 Å². The standard InChI is InChI=1S/C15H11NO2S2/c1-19-13(11-8-5-9-20-11)12-15(17)18-14(16-12)10-6-3-2-4-7-10/h2-9H,1H3/b13-12-. The normalized spacial score (nSPS) is 16.9. The van der Waals surface area contributed by atoms with Crippen molar-refractivity contribution in [3.63, 3.8) is 0 Å². The summed E-state index contributed by atoms with van der Waals surface area (Å²) in [6.07, 6.45) is 1.94. The zero-order chi connectivity index (χ0) is 13.9. The van der Waals surface area contributed by atoms with Crippen LogP contribution in [0.1, 0.15) is 10.4 Å². The lowest BCUT2D eigenvalue weighted by Crippen LogP contribution is -2.05. The number of hydrogen-bond donors (Lipinski definition) is 0. The zero-order valence-corrected chi connectivity index (χ0v) is 12.3. The van der Waals surface area contributed by atoms with Crippen LogP contribution in [0.3, 0.4) is 0 Å². The van der Waals surface area contributed by atoms with Gasteiger partial charge >= 0.3 is 5.97 Å². The highest BCUT2D eigenvalue weighted by molar-refractivity contribution is 8.07. The van der Waals surface area contributed by atoms with Crippen molar-refractivity contribution in [3.05, 3.63) is 64.0 Å². The molecular formula is C15H11NO2S2. The van der Waals surface area contributed by atoms with Gasteiger partial charge in [0.2, 0.25) is 5.90 Å². The molecule has 3 rings (SSSR count). The monoisotopic (exact) mass is 301 g/mol. The number of nitrogens with zero attached hydrogens (tertiary/aromatic N) is 1. The average Bonchev–Trinajstić information content (AvgIpc) is 3.12. The molecule has 0 fully saturated rings. The number of carbonyl (C=O) groups excluding carboxylic acids is 1. The maximum Gasteiger partial charge on any atom is 0.365 e. The van der Waals surface area contributed by atoms with Gasteiger partial charge in [0.05, 0.1) is 4.91 Å². The van der Waals surface area contributed by atoms with Gasteiger partial charge in [-0.2, -0.15) is 0 Å². The molecule has 2 heterocycles. The van der Waals surface area contributed by atoms with E-state index >= 15 is 0 Å². The molecule has 0 radical (unpaired) electrons. The minimum atomic E-state index is -0.387. The van der Waals surface area contributed by atoms with Crippen LogP contribution in [0.5, 0.6) is 0 Å². The first-order valence-corrected chi connectivity index (χ1v) is 8.08. The molecule has 0 unspecified atom stereocenters. The van der Waals surface area contributed by atoms with Crippen LogP contribution in [0, 0.1) is 0 Å². The second kappa shape index (κ2) is 5.64. The summed E-state index contributed by atoms with van der Waals surface area (Å²) in [6.45, 7) is 0. The molecule has 0 saturated carbocycles. The van der Waals surface area contributed by atoms with Gasteiger partial charge in [0, 0.05) is 10.4 Å². The van der Waals surface area contributed by atoms with Crippen LogP contribution in [0.2, 0.25) is 0 Å². The lowest BCUT2D eigenvalue weighted by Gasteiger charge is -2.00. The third kappa shape index (κ3) is 2.42. The van der Waals surface area contributed by atoms with E-state index in [0.29, 0.717) is 11.6 Å². The Hall–Kier alpha value is -1.85. The molecule has 1 aliphatic rings. The molecule has 0 spiro atoms. The first-order chi connectivity index (χ1) is 9.79. The molecule has 3 nitrogen and oxygen atoms in total. The number of benzene rings is 1. The first kappa shape index (κ1) is 13.1. The minimum absolute atomic E-state index is 0.369. The molecule has 1 aromatic carbocycles. The summed E-state index contributed by atoms with van der Waals surface area (Å²) >= 11 is 3.09. The third-order valence-corrected chi connectivity index (χ3v) is 4.62. The lowest BCUT2D eigenvalue weighted by atomic mass is 10.2. The highest BCUT2D eigenvalue weighted by atomic mass is 32.2. The summed E-state index contributed by atoms with van der Waals surface area (Å²) in [5.74, 6) is -0.0182. The number of carbonyl (C=O) groups is 1. The summed E-state index contributed by atoms with van der Waals surface area (Å²) in [6, 6.07) is 13.4. The van der Waals surface area contributed by atoms with Crippen LogP contribution >= 0.6 is 23.1 Å². The second-order valence-electron chi connectivity index (χ2n) is 4.03. The summed E-state index contributed by atoms with van der Waals surface area (Å²) in [5, 5.41) is 1.98. The Kier molecular flexibility index (Phi) is 3.71. The van der Waals surface area contributed by atoms with Gasteiger partial charge in [-0.05, 0) is 29.8 Å². The van der Waals surface area contributed by atoms with Crippen molar-refractivity contribution in [2.24, 2.45) is 4.99 Å². The van der Waals surface area contributed by atoms with Gasteiger partial charge in [0.25, 0.3) is 0 Å². The van der Waals surface area contributed by atoms with E-state index in [1.807, 2.05) is 54.1 Å². The Morgan fingerprint density at radius 2 is 2.00 bits per heavy atom. The van der Waals surface area contributed by atoms with Crippen molar-refractivity contribution in [1.82, 2.24) is 0 Å². The van der Waals surface area contributed by atoms with Gasteiger partial charge < -0.3 is 4.74 Å². The Morgan fingerprint density at radius 3 is 2.65 bits per heavy atom. The molecule has 0 aliphatic carbocycles. The second-order valence-corrected chi connectivity index (χ2v) is 5.80. The number of thiophene rings is 1. The maximum absolute atomic E-state index is 12.1. The molecule has 0 atom stereocenters. The summed E-state index contributed by atoms with van der Waals surface area (Å²) in [5.41, 5.74) is 1.20. The predicted molar refractivity (Wildman–Crippen MR) is 83.8 cm³/mol. The zero-order valence-electron chi connectivity index (χ0n) is 10.7. The lowest BCUT2D eigenvalue weighted by molar-refractivity contribution is -0.129. The molecule has 100 valence electrons. The van der Waals surface area contributed by atoms with Crippen molar-refractivity contribution in [1.29, 1.82) is 0 Å². The van der Waals surface area contributed by atoms with E-state index in [4.69, 9.17) is 4.74 Å². The molecular weight excluding hydrogens is 290 g/mol. The highest BCUT2D eigenvalue weighted by Crippen LogP contribution is 2.35. The summed E-state index contributed by atoms with van der Waals surface area (Å²) < 4.78 is 5.29. The molecule has 20 heavy (non-hydrogen) atoms. The molecule has 0 amide bonds. The number of esters is 1. The van der Waals surface area contributed by atoms with E-state index in [1.54, 1.807) is 11.3 Å². The van der Waals surface area contributed by atoms with Gasteiger partial charge in [-0.3, -0.25) is 0 Å². The molecule has 0 N–H and O–H groups in total. The van der Waals surface area contributed by atoms with E-state index < -0.39 is 0 Å². The van der Waals surface area contributed by atoms with Crippen LogP contribution in [0.15, 0.2) is 58.5 Å². The fourth-order valence-electron chi connectivity index (χ4n) is 1.88. The molecule has 1 aromatic heterocycles. The third-order valence-electron chi connectivity index (χ3n) is 2.78. The topological polar surface area (TPSA) is 38.7 Å². The van der Waals surface area contributed by atoms with Crippen LogP contribution in [-0.4, -0.2) is 18.1 Å². The smallest absolute Gasteiger partial charge is 0.365 e. The quantitative estimate of drug-likeness (QED) is 0.639. The van der Waals surface area contributed by atoms with Crippen molar-refractivity contribution in [2.45, 2.75) is 0 Å². The first-order valence-electron chi connectivity index (χ1n) is 5.98. The summed E-state index contributed by atoms with van der Waals surface area (Å²) in [4.78, 5) is 18.3. The predicted octanol–water partition coefficient (Wildman–Crippen LogP) is 3.78. The minimum Gasteiger partial charge on any atom is -0.402 e. The van der Waals surface area contributed by atoms with E-state index in [1.165, 1.54) is 11.8 Å². The summed E-state index contributed by atoms with van der Waals surface area (Å²) in [7, 11) is 0. The van der Waals surface area contributed by atoms with Crippen molar-refractivity contribution in [3.8, 4) is 0 Å². The maximum atomic E-state index is 12.1. The largest absolute Gasteiger partial charge is 0.402 e. The number of thioether (sulfide) groups is 1. The van der Waals surface area contributed by atoms with Crippen molar-refractivity contribution >= 4 is 39.9 Å². The van der Waals surface area contributed by atoms with E-state index in [9.17, 15) is 4.79 Å². The molecule has 2 aromatic rings. The molecule has 5 heteroatoms. The average molecular weight is 301 g/mol. The van der Waals surface area contributed by atoms with Gasteiger partial charge in [0.1, 0.15) is 0 Å². The fourth-order valence-corrected chi connectivity index (χ4v) is 3.53. The highest BCUT2D eigenvalue weighted by Gasteiger charge is 2.28. The number of ether oxygens (including phenoxy) is 1. The number of aliphatic imine (C=N–C) groups is 1. The molecule has 1 aliphatic heterocycles. The van der Waals surface area contributed by atoms with Gasteiger partial charge in [0.15, 0.2) is 5.70 Å². The van der Waals surface area contributed by atoms with Crippen LogP contribution in [-0.2, 0) is 9.53 Å². The van der Waals surface area contributed by atoms with Crippen LogP contribution in [0.4, 0.5) is 0 Å². The number of hydrogen-bond acceptors (Lipinski definition) is 5.